The van der Waals surface area contributed by atoms with Gasteiger partial charge in [0.1, 0.15) is 12.1 Å². The van der Waals surface area contributed by atoms with E-state index >= 15 is 0 Å². The zero-order valence-corrected chi connectivity index (χ0v) is 19.8. The summed E-state index contributed by atoms with van der Waals surface area (Å²) in [5, 5.41) is 5.32. The van der Waals surface area contributed by atoms with Gasteiger partial charge >= 0.3 is 6.03 Å². The first kappa shape index (κ1) is 24.2. The highest BCUT2D eigenvalue weighted by Crippen LogP contribution is 2.27. The van der Waals surface area contributed by atoms with Gasteiger partial charge in [0.15, 0.2) is 0 Å². The summed E-state index contributed by atoms with van der Waals surface area (Å²) in [7, 11) is -3.68. The monoisotopic (exact) mass is 464 g/mol. The fourth-order valence-electron chi connectivity index (χ4n) is 4.27. The van der Waals surface area contributed by atoms with Crippen molar-refractivity contribution in [2.45, 2.75) is 69.7 Å². The van der Waals surface area contributed by atoms with Crippen LogP contribution in [-0.4, -0.2) is 60.6 Å². The Morgan fingerprint density at radius 3 is 2.28 bits per heavy atom. The van der Waals surface area contributed by atoms with Gasteiger partial charge in [0.2, 0.25) is 15.9 Å². The fraction of sp³-hybridized carbons (Fsp3) is 0.591. The summed E-state index contributed by atoms with van der Waals surface area (Å²) in [6.07, 6.45) is 4.56. The molecule has 2 fully saturated rings. The number of amides is 4. The molecule has 2 aliphatic rings. The van der Waals surface area contributed by atoms with Crippen molar-refractivity contribution in [3.8, 4) is 0 Å². The average molecular weight is 465 g/mol. The van der Waals surface area contributed by atoms with Crippen LogP contribution in [-0.2, 0) is 19.6 Å². The van der Waals surface area contributed by atoms with Crippen LogP contribution in [0.3, 0.4) is 0 Å². The minimum Gasteiger partial charge on any atom is -0.324 e. The maximum absolute atomic E-state index is 13.2. The summed E-state index contributed by atoms with van der Waals surface area (Å²) in [6.45, 7) is 5.88. The number of carbonyl (C=O) groups is 3. The SMILES string of the molecule is CCC1(CC)NC(=O)N(CC(=O)Nc2ccc(C)c(S(=O)(=O)N3CCCCCC3)c2)C1=O. The molecular weight excluding hydrogens is 432 g/mol. The number of nitrogens with one attached hydrogen (secondary N) is 2. The molecule has 1 aromatic carbocycles. The second-order valence-electron chi connectivity index (χ2n) is 8.46. The first-order valence-corrected chi connectivity index (χ1v) is 12.6. The van der Waals surface area contributed by atoms with Gasteiger partial charge in [-0.25, -0.2) is 13.2 Å². The molecule has 0 aliphatic carbocycles. The summed E-state index contributed by atoms with van der Waals surface area (Å²) in [4.78, 5) is 38.6. The molecule has 2 heterocycles. The van der Waals surface area contributed by atoms with E-state index < -0.39 is 40.0 Å². The van der Waals surface area contributed by atoms with E-state index in [1.54, 1.807) is 19.1 Å². The van der Waals surface area contributed by atoms with Gasteiger partial charge in [0.05, 0.1) is 4.90 Å². The number of imide groups is 1. The number of benzene rings is 1. The van der Waals surface area contributed by atoms with Gasteiger partial charge in [0.25, 0.3) is 5.91 Å². The zero-order chi connectivity index (χ0) is 23.5. The minimum absolute atomic E-state index is 0.156. The third-order valence-corrected chi connectivity index (χ3v) is 8.45. The Morgan fingerprint density at radius 1 is 1.09 bits per heavy atom. The Balaban J connectivity index is 1.75. The number of sulfonamides is 1. The van der Waals surface area contributed by atoms with Crippen LogP contribution in [0.25, 0.3) is 0 Å². The third kappa shape index (κ3) is 4.66. The van der Waals surface area contributed by atoms with Gasteiger partial charge in [-0.1, -0.05) is 32.8 Å². The van der Waals surface area contributed by atoms with Crippen LogP contribution in [0.4, 0.5) is 10.5 Å². The number of hydrogen-bond donors (Lipinski definition) is 2. The van der Waals surface area contributed by atoms with E-state index in [-0.39, 0.29) is 4.90 Å². The molecule has 32 heavy (non-hydrogen) atoms. The molecule has 2 aliphatic heterocycles. The lowest BCUT2D eigenvalue weighted by atomic mass is 9.93. The summed E-state index contributed by atoms with van der Waals surface area (Å²) in [5.74, 6) is -0.991. The van der Waals surface area contributed by atoms with Crippen molar-refractivity contribution in [3.63, 3.8) is 0 Å². The highest BCUT2D eigenvalue weighted by Gasteiger charge is 2.49. The van der Waals surface area contributed by atoms with Gasteiger partial charge < -0.3 is 10.6 Å². The lowest BCUT2D eigenvalue weighted by Gasteiger charge is -2.23. The van der Waals surface area contributed by atoms with Gasteiger partial charge in [-0.3, -0.25) is 14.5 Å². The Morgan fingerprint density at radius 2 is 1.72 bits per heavy atom. The number of rotatable bonds is 7. The molecule has 3 rings (SSSR count). The van der Waals surface area contributed by atoms with E-state index in [4.69, 9.17) is 0 Å². The molecule has 0 saturated carbocycles. The van der Waals surface area contributed by atoms with Crippen molar-refractivity contribution in [1.29, 1.82) is 0 Å². The van der Waals surface area contributed by atoms with Crippen LogP contribution < -0.4 is 10.6 Å². The fourth-order valence-corrected chi connectivity index (χ4v) is 6.04. The first-order valence-electron chi connectivity index (χ1n) is 11.2. The number of hydrogen-bond acceptors (Lipinski definition) is 5. The van der Waals surface area contributed by atoms with Crippen LogP contribution in [0, 0.1) is 6.92 Å². The van der Waals surface area contributed by atoms with Crippen LogP contribution in [0.15, 0.2) is 23.1 Å². The zero-order valence-electron chi connectivity index (χ0n) is 18.9. The molecule has 4 amide bonds. The summed E-state index contributed by atoms with van der Waals surface area (Å²) in [5.41, 5.74) is -0.0781. The van der Waals surface area contributed by atoms with E-state index in [9.17, 15) is 22.8 Å². The molecule has 2 saturated heterocycles. The largest absolute Gasteiger partial charge is 0.325 e. The number of carbonyl (C=O) groups excluding carboxylic acids is 3. The molecule has 0 bridgehead atoms. The Kier molecular flexibility index (Phi) is 7.24. The summed E-state index contributed by atoms with van der Waals surface area (Å²) >= 11 is 0. The highest BCUT2D eigenvalue weighted by molar-refractivity contribution is 7.89. The van der Waals surface area contributed by atoms with E-state index in [2.05, 4.69) is 10.6 Å². The molecule has 0 unspecified atom stereocenters. The van der Waals surface area contributed by atoms with Gasteiger partial charge in [-0.05, 0) is 50.3 Å². The molecule has 0 spiro atoms. The normalized spacial score (nSPS) is 19.5. The highest BCUT2D eigenvalue weighted by atomic mass is 32.2. The Hall–Kier alpha value is -2.46. The van der Waals surface area contributed by atoms with Gasteiger partial charge in [0, 0.05) is 18.8 Å². The quantitative estimate of drug-likeness (QED) is 0.602. The molecule has 0 aromatic heterocycles. The molecule has 2 N–H and O–H groups in total. The van der Waals surface area contributed by atoms with E-state index in [1.807, 2.05) is 13.8 Å². The molecule has 1 aromatic rings. The second kappa shape index (κ2) is 9.58. The lowest BCUT2D eigenvalue weighted by Crippen LogP contribution is -2.46. The molecule has 0 radical (unpaired) electrons. The Bertz CT molecular complexity index is 996. The number of urea groups is 1. The topological polar surface area (TPSA) is 116 Å². The van der Waals surface area contributed by atoms with Crippen molar-refractivity contribution in [1.82, 2.24) is 14.5 Å². The molecule has 10 heteroatoms. The molecule has 176 valence electrons. The molecular formula is C22H32N4O5S. The maximum Gasteiger partial charge on any atom is 0.325 e. The van der Waals surface area contributed by atoms with Crippen LogP contribution in [0.1, 0.15) is 57.9 Å². The maximum atomic E-state index is 13.2. The van der Waals surface area contributed by atoms with Crippen molar-refractivity contribution >= 4 is 33.6 Å². The smallest absolute Gasteiger partial charge is 0.324 e. The summed E-state index contributed by atoms with van der Waals surface area (Å²) < 4.78 is 27.9. The Labute approximate surface area is 189 Å². The molecule has 0 atom stereocenters. The van der Waals surface area contributed by atoms with Crippen molar-refractivity contribution < 1.29 is 22.8 Å². The number of nitrogens with zero attached hydrogens (tertiary/aromatic N) is 2. The standard InChI is InChI=1S/C22H32N4O5S/c1-4-22(5-2)20(28)26(21(29)24-22)15-19(27)23-17-11-10-16(3)18(14-17)32(30,31)25-12-8-6-7-9-13-25/h10-11,14H,4-9,12-13,15H2,1-3H3,(H,23,27)(H,24,29). The minimum atomic E-state index is -3.68. The number of aryl methyl sites for hydroxylation is 1. The van der Waals surface area contributed by atoms with Gasteiger partial charge in [-0.2, -0.15) is 4.31 Å². The predicted octanol–water partition coefficient (Wildman–Crippen LogP) is 2.61. The third-order valence-electron chi connectivity index (χ3n) is 6.41. The van der Waals surface area contributed by atoms with Crippen LogP contribution >= 0.6 is 0 Å². The van der Waals surface area contributed by atoms with Crippen molar-refractivity contribution in [2.24, 2.45) is 0 Å². The van der Waals surface area contributed by atoms with E-state index in [0.717, 1.165) is 30.6 Å². The van der Waals surface area contributed by atoms with Crippen molar-refractivity contribution in [2.75, 3.05) is 25.0 Å². The van der Waals surface area contributed by atoms with Crippen LogP contribution in [0.5, 0.6) is 0 Å². The molecule has 9 nitrogen and oxygen atoms in total. The lowest BCUT2D eigenvalue weighted by molar-refractivity contribution is -0.134. The predicted molar refractivity (Wildman–Crippen MR) is 121 cm³/mol. The summed E-state index contributed by atoms with van der Waals surface area (Å²) in [6, 6.07) is 4.11. The van der Waals surface area contributed by atoms with E-state index in [1.165, 1.54) is 10.4 Å². The first-order chi connectivity index (χ1) is 15.1. The van der Waals surface area contributed by atoms with Crippen molar-refractivity contribution in [3.05, 3.63) is 23.8 Å². The van der Waals surface area contributed by atoms with Gasteiger partial charge in [-0.15, -0.1) is 0 Å². The van der Waals surface area contributed by atoms with Crippen LogP contribution in [0.2, 0.25) is 0 Å². The average Bonchev–Trinajstić information content (AvgIpc) is 2.95. The second-order valence-corrected chi connectivity index (χ2v) is 10.4. The van der Waals surface area contributed by atoms with E-state index in [0.29, 0.717) is 37.2 Å². The number of anilines is 1.